The lowest BCUT2D eigenvalue weighted by molar-refractivity contribution is -0.772. The third-order valence-electron chi connectivity index (χ3n) is 3.08. The van der Waals surface area contributed by atoms with Crippen LogP contribution < -0.4 is 19.8 Å². The maximum atomic E-state index is 12.5. The van der Waals surface area contributed by atoms with E-state index in [0.717, 1.165) is 11.8 Å². The second kappa shape index (κ2) is 7.87. The molecule has 0 saturated heterocycles. The summed E-state index contributed by atoms with van der Waals surface area (Å²) in [7, 11) is 1.60. The van der Waals surface area contributed by atoms with Crippen LogP contribution >= 0.6 is 11.8 Å². The van der Waals surface area contributed by atoms with Crippen LogP contribution in [0.25, 0.3) is 0 Å². The number of carbonyl (C=O) groups is 1. The van der Waals surface area contributed by atoms with E-state index in [1.165, 1.54) is 4.68 Å². The van der Waals surface area contributed by atoms with E-state index in [9.17, 15) is 9.90 Å². The summed E-state index contributed by atoms with van der Waals surface area (Å²) >= 11 is 1.14. The number of hydrogen-bond acceptors (Lipinski definition) is 6. The minimum Gasteiger partial charge on any atom is -0.538 e. The van der Waals surface area contributed by atoms with Crippen molar-refractivity contribution in [2.45, 2.75) is 30.5 Å². The van der Waals surface area contributed by atoms with E-state index in [-0.39, 0.29) is 5.91 Å². The number of amides is 1. The van der Waals surface area contributed by atoms with Crippen LogP contribution in [-0.2, 0) is 11.8 Å². The molecule has 0 fully saturated rings. The number of anilines is 1. The molecule has 0 aliphatic carbocycles. The monoisotopic (exact) mass is 337 g/mol. The third-order valence-corrected chi connectivity index (χ3v) is 4.56. The Morgan fingerprint density at radius 3 is 2.83 bits per heavy atom. The smallest absolute Gasteiger partial charge is 0.291 e. The van der Waals surface area contributed by atoms with E-state index in [1.54, 1.807) is 19.2 Å². The summed E-state index contributed by atoms with van der Waals surface area (Å²) in [6.07, 6.45) is 0.553. The van der Waals surface area contributed by atoms with Crippen molar-refractivity contribution in [2.75, 3.05) is 11.9 Å². The zero-order chi connectivity index (χ0) is 16.8. The molecule has 8 heteroatoms. The molecule has 2 rings (SSSR count). The molecule has 0 aliphatic rings. The van der Waals surface area contributed by atoms with Crippen molar-refractivity contribution < 1.29 is 23.8 Å². The Bertz CT molecular complexity index is 655. The summed E-state index contributed by atoms with van der Waals surface area (Å²) in [6, 6.07) is 7.23. The molecule has 0 bridgehead atoms. The van der Waals surface area contributed by atoms with Gasteiger partial charge in [-0.3, -0.25) is 4.79 Å². The first kappa shape index (κ1) is 17.1. The molecule has 0 spiro atoms. The standard InChI is InChI=1S/C15H19N3O4S/c1-4-12(23-14-15(20)22-17-18(14)3)13(19)16-10-8-6-7-9-11(10)21-5-2/h6-9,12H,4-5H2,1-3H3,(H-,16,17,19,20). The normalized spacial score (nSPS) is 12.0. The first-order valence-electron chi connectivity index (χ1n) is 7.29. The van der Waals surface area contributed by atoms with Gasteiger partial charge in [-0.25, -0.2) is 0 Å². The molecule has 23 heavy (non-hydrogen) atoms. The van der Waals surface area contributed by atoms with Crippen LogP contribution in [0.3, 0.4) is 0 Å². The number of thioether (sulfide) groups is 1. The van der Waals surface area contributed by atoms with Crippen LogP contribution in [-0.4, -0.2) is 23.0 Å². The summed E-state index contributed by atoms with van der Waals surface area (Å²) in [6.45, 7) is 4.27. The van der Waals surface area contributed by atoms with Crippen LogP contribution in [0.4, 0.5) is 5.69 Å². The van der Waals surface area contributed by atoms with Gasteiger partial charge in [-0.1, -0.05) is 23.7 Å². The van der Waals surface area contributed by atoms with Gasteiger partial charge >= 0.3 is 0 Å². The van der Waals surface area contributed by atoms with Crippen LogP contribution in [0.15, 0.2) is 33.8 Å². The van der Waals surface area contributed by atoms with Crippen molar-refractivity contribution in [3.05, 3.63) is 24.3 Å². The largest absolute Gasteiger partial charge is 0.538 e. The van der Waals surface area contributed by atoms with Gasteiger partial charge in [-0.05, 0) is 37.2 Å². The van der Waals surface area contributed by atoms with E-state index in [1.807, 2.05) is 26.0 Å². The summed E-state index contributed by atoms with van der Waals surface area (Å²) in [5.74, 6) is -0.132. The highest BCUT2D eigenvalue weighted by Crippen LogP contribution is 2.30. The van der Waals surface area contributed by atoms with Gasteiger partial charge in [0.2, 0.25) is 5.91 Å². The zero-order valence-corrected chi connectivity index (χ0v) is 14.1. The first-order valence-corrected chi connectivity index (χ1v) is 8.17. The summed E-state index contributed by atoms with van der Waals surface area (Å²) in [4.78, 5) is 12.5. The Balaban J connectivity index is 2.12. The maximum Gasteiger partial charge on any atom is 0.291 e. The topological polar surface area (TPSA) is 91.3 Å². The molecule has 124 valence electrons. The third kappa shape index (κ3) is 4.16. The molecule has 1 amide bonds. The molecule has 1 unspecified atom stereocenters. The lowest BCUT2D eigenvalue weighted by atomic mass is 10.2. The lowest BCUT2D eigenvalue weighted by Crippen LogP contribution is -2.34. The van der Waals surface area contributed by atoms with Crippen molar-refractivity contribution >= 4 is 23.4 Å². The molecule has 1 aromatic carbocycles. The van der Waals surface area contributed by atoms with Gasteiger partial charge in [0.1, 0.15) is 5.75 Å². The van der Waals surface area contributed by atoms with E-state index in [0.29, 0.717) is 29.5 Å². The van der Waals surface area contributed by atoms with Crippen LogP contribution in [0.2, 0.25) is 0 Å². The molecule has 1 aromatic heterocycles. The molecular weight excluding hydrogens is 318 g/mol. The van der Waals surface area contributed by atoms with Gasteiger partial charge in [-0.2, -0.15) is 0 Å². The molecule has 2 aromatic rings. The fourth-order valence-electron chi connectivity index (χ4n) is 1.95. The zero-order valence-electron chi connectivity index (χ0n) is 13.2. The van der Waals surface area contributed by atoms with Crippen LogP contribution in [0.1, 0.15) is 20.3 Å². The number of hydrogen-bond donors (Lipinski definition) is 1. The molecule has 1 N–H and O–H groups in total. The van der Waals surface area contributed by atoms with Crippen LogP contribution in [0.5, 0.6) is 11.7 Å². The summed E-state index contributed by atoms with van der Waals surface area (Å²) in [5, 5.41) is 17.8. The number of carbonyl (C=O) groups excluding carboxylic acids is 1. The Morgan fingerprint density at radius 2 is 2.22 bits per heavy atom. The molecule has 1 atom stereocenters. The number of aromatic nitrogens is 2. The lowest BCUT2D eigenvalue weighted by Gasteiger charge is -2.15. The number of para-hydroxylation sites is 2. The average Bonchev–Trinajstić information content (AvgIpc) is 2.85. The number of rotatable bonds is 7. The SMILES string of the molecule is CCOc1ccccc1NC(=O)C(CC)Sc1c([O-])on[n+]1C. The molecule has 7 nitrogen and oxygen atoms in total. The van der Waals surface area contributed by atoms with E-state index in [2.05, 4.69) is 15.1 Å². The van der Waals surface area contributed by atoms with E-state index < -0.39 is 11.2 Å². The van der Waals surface area contributed by atoms with Crippen molar-refractivity contribution in [2.24, 2.45) is 7.05 Å². The van der Waals surface area contributed by atoms with Crippen molar-refractivity contribution in [1.29, 1.82) is 0 Å². The molecule has 0 saturated carbocycles. The highest BCUT2D eigenvalue weighted by Gasteiger charge is 2.25. The average molecular weight is 337 g/mol. The molecule has 0 aliphatic heterocycles. The first-order chi connectivity index (χ1) is 11.1. The summed E-state index contributed by atoms with van der Waals surface area (Å²) < 4.78 is 11.4. The van der Waals surface area contributed by atoms with Gasteiger partial charge in [0.15, 0.2) is 13.0 Å². The highest BCUT2D eigenvalue weighted by molar-refractivity contribution is 8.00. The predicted octanol–water partition coefficient (Wildman–Crippen LogP) is 1.48. The minimum absolute atomic E-state index is 0.203. The van der Waals surface area contributed by atoms with Crippen molar-refractivity contribution in [3.8, 4) is 11.7 Å². The van der Waals surface area contributed by atoms with Gasteiger partial charge in [0.05, 0.1) is 22.8 Å². The Morgan fingerprint density at radius 1 is 1.48 bits per heavy atom. The number of aryl methyl sites for hydroxylation is 1. The number of nitrogens with one attached hydrogen (secondary N) is 1. The Kier molecular flexibility index (Phi) is 5.86. The highest BCUT2D eigenvalue weighted by atomic mass is 32.2. The molecule has 0 radical (unpaired) electrons. The van der Waals surface area contributed by atoms with E-state index >= 15 is 0 Å². The predicted molar refractivity (Wildman–Crippen MR) is 83.3 cm³/mol. The van der Waals surface area contributed by atoms with Crippen LogP contribution in [0, 0.1) is 0 Å². The van der Waals surface area contributed by atoms with Crippen molar-refractivity contribution in [1.82, 2.24) is 5.27 Å². The fourth-order valence-corrected chi connectivity index (χ4v) is 2.87. The Hall–Kier alpha value is -2.22. The Labute approximate surface area is 138 Å². The molecular formula is C15H19N3O4S. The van der Waals surface area contributed by atoms with Gasteiger partial charge in [0.25, 0.3) is 5.03 Å². The van der Waals surface area contributed by atoms with E-state index in [4.69, 9.17) is 4.74 Å². The number of benzene rings is 1. The molecule has 1 heterocycles. The fraction of sp³-hybridized carbons (Fsp3) is 0.400. The van der Waals surface area contributed by atoms with Gasteiger partial charge < -0.3 is 19.7 Å². The second-order valence-electron chi connectivity index (χ2n) is 4.72. The van der Waals surface area contributed by atoms with Gasteiger partial charge in [0, 0.05) is 0 Å². The summed E-state index contributed by atoms with van der Waals surface area (Å²) in [5.41, 5.74) is 0.607. The maximum absolute atomic E-state index is 12.5. The number of ether oxygens (including phenoxy) is 1. The second-order valence-corrected chi connectivity index (χ2v) is 5.91. The quantitative estimate of drug-likeness (QED) is 0.608. The number of nitrogens with zero attached hydrogens (tertiary/aromatic N) is 2. The minimum atomic E-state index is -0.543. The van der Waals surface area contributed by atoms with Gasteiger partial charge in [-0.15, -0.1) is 0 Å². The van der Waals surface area contributed by atoms with Crippen molar-refractivity contribution in [3.63, 3.8) is 0 Å².